The molecule has 0 saturated carbocycles. The van der Waals surface area contributed by atoms with Crippen LogP contribution in [-0.4, -0.2) is 16.2 Å². The summed E-state index contributed by atoms with van der Waals surface area (Å²) in [5, 5.41) is 7.46. The van der Waals surface area contributed by atoms with E-state index in [1.165, 1.54) is 30.3 Å². The second-order valence-electron chi connectivity index (χ2n) is 6.16. The number of amides is 2. The molecule has 0 radical (unpaired) electrons. The number of H-pyrrole nitrogens is 1. The number of hydrogen-bond acceptors (Lipinski definition) is 3. The van der Waals surface area contributed by atoms with Crippen molar-refractivity contribution in [2.24, 2.45) is 5.73 Å². The van der Waals surface area contributed by atoms with E-state index >= 15 is 0 Å². The van der Waals surface area contributed by atoms with Gasteiger partial charge in [0.25, 0.3) is 0 Å². The van der Waals surface area contributed by atoms with Crippen LogP contribution in [0.2, 0.25) is 0 Å². The molecule has 0 fully saturated rings. The van der Waals surface area contributed by atoms with E-state index in [1.54, 1.807) is 18.2 Å². The Morgan fingerprint density at radius 3 is 2.54 bits per heavy atom. The van der Waals surface area contributed by atoms with Crippen LogP contribution in [0.4, 0.5) is 30.8 Å². The minimum atomic E-state index is -0.932. The Kier molecular flexibility index (Phi) is 4.15. The maximum absolute atomic E-state index is 15.0. The van der Waals surface area contributed by atoms with Crippen LogP contribution in [0.15, 0.2) is 60.7 Å². The maximum Gasteiger partial charge on any atom is 0.323 e. The van der Waals surface area contributed by atoms with E-state index in [1.807, 2.05) is 6.07 Å². The number of nitrogens with two attached hydrogens (primary N) is 2. The number of benzene rings is 3. The van der Waals surface area contributed by atoms with Gasteiger partial charge in [0.2, 0.25) is 0 Å². The zero-order valence-electron chi connectivity index (χ0n) is 14.5. The summed E-state index contributed by atoms with van der Waals surface area (Å²) in [6, 6.07) is 14.0. The van der Waals surface area contributed by atoms with Crippen LogP contribution in [0.3, 0.4) is 0 Å². The summed E-state index contributed by atoms with van der Waals surface area (Å²) < 4.78 is 28.5. The molecular formula is C20H15F2N5O. The number of anilines is 3. The van der Waals surface area contributed by atoms with E-state index in [0.29, 0.717) is 22.3 Å². The molecule has 4 rings (SSSR count). The van der Waals surface area contributed by atoms with Gasteiger partial charge in [-0.05, 0) is 47.5 Å². The summed E-state index contributed by atoms with van der Waals surface area (Å²) in [6.45, 7) is 0. The van der Waals surface area contributed by atoms with Crippen LogP contribution in [-0.2, 0) is 0 Å². The van der Waals surface area contributed by atoms with Crippen LogP contribution in [0.25, 0.3) is 22.0 Å². The molecule has 0 bridgehead atoms. The number of carbonyl (C=O) groups is 1. The molecule has 5 N–H and O–H groups in total. The molecule has 4 aromatic rings. The molecule has 0 saturated heterocycles. The number of carbonyl (C=O) groups excluding carboxylic acids is 1. The largest absolute Gasteiger partial charge is 0.382 e. The molecule has 0 unspecified atom stereocenters. The number of hydrogen-bond donors (Lipinski definition) is 3. The molecule has 8 heteroatoms. The molecule has 6 nitrogen and oxygen atoms in total. The lowest BCUT2D eigenvalue weighted by Gasteiger charge is -2.21. The SMILES string of the molecule is NC(=O)N(c1cccc(F)c1)c1ccc(-c2cccc3[nH]nc(N)c23)cc1F. The fourth-order valence-electron chi connectivity index (χ4n) is 3.19. The molecule has 0 aliphatic heterocycles. The third-order valence-electron chi connectivity index (χ3n) is 4.40. The third kappa shape index (κ3) is 2.90. The highest BCUT2D eigenvalue weighted by Crippen LogP contribution is 2.35. The average Bonchev–Trinajstić information content (AvgIpc) is 3.04. The number of aromatic amines is 1. The maximum atomic E-state index is 15.0. The Morgan fingerprint density at radius 1 is 1.04 bits per heavy atom. The van der Waals surface area contributed by atoms with Crippen molar-refractivity contribution in [3.63, 3.8) is 0 Å². The van der Waals surface area contributed by atoms with Gasteiger partial charge in [-0.25, -0.2) is 13.6 Å². The smallest absolute Gasteiger partial charge is 0.323 e. The normalized spacial score (nSPS) is 10.9. The van der Waals surface area contributed by atoms with Gasteiger partial charge in [-0.2, -0.15) is 5.10 Å². The second kappa shape index (κ2) is 6.66. The Labute approximate surface area is 158 Å². The summed E-state index contributed by atoms with van der Waals surface area (Å²) in [7, 11) is 0. The molecule has 0 atom stereocenters. The van der Waals surface area contributed by atoms with Gasteiger partial charge in [0.1, 0.15) is 11.6 Å². The first-order valence-corrected chi connectivity index (χ1v) is 8.33. The predicted octanol–water partition coefficient (Wildman–Crippen LogP) is 4.31. The van der Waals surface area contributed by atoms with E-state index in [0.717, 1.165) is 16.5 Å². The van der Waals surface area contributed by atoms with Gasteiger partial charge < -0.3 is 11.5 Å². The molecule has 0 spiro atoms. The van der Waals surface area contributed by atoms with Crippen LogP contribution in [0.5, 0.6) is 0 Å². The van der Waals surface area contributed by atoms with Crippen molar-refractivity contribution in [1.82, 2.24) is 10.2 Å². The number of halogens is 2. The van der Waals surface area contributed by atoms with Crippen LogP contribution < -0.4 is 16.4 Å². The van der Waals surface area contributed by atoms with Crippen molar-refractivity contribution < 1.29 is 13.6 Å². The molecular weight excluding hydrogens is 364 g/mol. The van der Waals surface area contributed by atoms with E-state index in [2.05, 4.69) is 10.2 Å². The number of aromatic nitrogens is 2. The fraction of sp³-hybridized carbons (Fsp3) is 0. The van der Waals surface area contributed by atoms with E-state index in [9.17, 15) is 13.6 Å². The molecule has 140 valence electrons. The van der Waals surface area contributed by atoms with E-state index in [4.69, 9.17) is 11.5 Å². The van der Waals surface area contributed by atoms with Crippen LogP contribution in [0, 0.1) is 11.6 Å². The molecule has 3 aromatic carbocycles. The summed E-state index contributed by atoms with van der Waals surface area (Å²) in [5.74, 6) is -0.962. The number of nitrogens with zero attached hydrogens (tertiary/aromatic N) is 2. The molecule has 0 aliphatic rings. The van der Waals surface area contributed by atoms with Gasteiger partial charge in [0, 0.05) is 0 Å². The van der Waals surface area contributed by atoms with Crippen molar-refractivity contribution in [3.05, 3.63) is 72.3 Å². The highest BCUT2D eigenvalue weighted by molar-refractivity contribution is 6.02. The molecule has 1 heterocycles. The van der Waals surface area contributed by atoms with Gasteiger partial charge in [0.15, 0.2) is 5.82 Å². The summed E-state index contributed by atoms with van der Waals surface area (Å²) in [6.07, 6.45) is 0. The lowest BCUT2D eigenvalue weighted by atomic mass is 10.0. The summed E-state index contributed by atoms with van der Waals surface area (Å²) >= 11 is 0. The average molecular weight is 379 g/mol. The number of urea groups is 1. The Bertz CT molecular complexity index is 1200. The molecule has 2 amide bonds. The fourth-order valence-corrected chi connectivity index (χ4v) is 3.19. The number of nitrogen functional groups attached to an aromatic ring is 1. The Morgan fingerprint density at radius 2 is 1.82 bits per heavy atom. The summed E-state index contributed by atoms with van der Waals surface area (Å²) in [5.41, 5.74) is 13.3. The van der Waals surface area contributed by atoms with Crippen molar-refractivity contribution >= 4 is 34.1 Å². The highest BCUT2D eigenvalue weighted by Gasteiger charge is 2.20. The quantitative estimate of drug-likeness (QED) is 0.494. The molecule has 28 heavy (non-hydrogen) atoms. The van der Waals surface area contributed by atoms with Crippen molar-refractivity contribution in [2.75, 3.05) is 10.6 Å². The molecule has 0 aliphatic carbocycles. The lowest BCUT2D eigenvalue weighted by molar-refractivity contribution is 0.256. The van der Waals surface area contributed by atoms with Gasteiger partial charge >= 0.3 is 6.03 Å². The highest BCUT2D eigenvalue weighted by atomic mass is 19.1. The number of primary amides is 1. The van der Waals surface area contributed by atoms with Gasteiger partial charge in [0.05, 0.1) is 22.3 Å². The first-order valence-electron chi connectivity index (χ1n) is 8.33. The standard InChI is InChI=1S/C20H15F2N5O/c21-12-3-1-4-13(10-12)27(20(24)28)17-8-7-11(9-15(17)22)14-5-2-6-16-18(14)19(23)26-25-16/h1-10H,(H2,24,28)(H3,23,25,26). The second-order valence-corrected chi connectivity index (χ2v) is 6.16. The Hall–Kier alpha value is -3.94. The van der Waals surface area contributed by atoms with Crippen LogP contribution >= 0.6 is 0 Å². The molecule has 1 aromatic heterocycles. The van der Waals surface area contributed by atoms with Crippen molar-refractivity contribution in [3.8, 4) is 11.1 Å². The van der Waals surface area contributed by atoms with E-state index in [-0.39, 0.29) is 11.4 Å². The van der Waals surface area contributed by atoms with Gasteiger partial charge in [-0.3, -0.25) is 10.00 Å². The van der Waals surface area contributed by atoms with Gasteiger partial charge in [-0.1, -0.05) is 24.3 Å². The zero-order chi connectivity index (χ0) is 19.8. The zero-order valence-corrected chi connectivity index (χ0v) is 14.5. The first kappa shape index (κ1) is 17.5. The predicted molar refractivity (Wildman–Crippen MR) is 104 cm³/mol. The first-order chi connectivity index (χ1) is 13.5. The number of nitrogens with one attached hydrogen (secondary N) is 1. The van der Waals surface area contributed by atoms with Crippen molar-refractivity contribution in [2.45, 2.75) is 0 Å². The van der Waals surface area contributed by atoms with Crippen molar-refractivity contribution in [1.29, 1.82) is 0 Å². The topological polar surface area (TPSA) is 101 Å². The minimum absolute atomic E-state index is 0.0887. The lowest BCUT2D eigenvalue weighted by Crippen LogP contribution is -2.32. The number of rotatable bonds is 3. The minimum Gasteiger partial charge on any atom is -0.382 e. The summed E-state index contributed by atoms with van der Waals surface area (Å²) in [4.78, 5) is 12.8. The van der Waals surface area contributed by atoms with Gasteiger partial charge in [-0.15, -0.1) is 0 Å². The Balaban J connectivity index is 1.83. The van der Waals surface area contributed by atoms with E-state index < -0.39 is 17.7 Å². The van der Waals surface area contributed by atoms with Crippen LogP contribution in [0.1, 0.15) is 0 Å². The number of fused-ring (bicyclic) bond motifs is 1. The third-order valence-corrected chi connectivity index (χ3v) is 4.40. The monoisotopic (exact) mass is 379 g/mol.